The predicted octanol–water partition coefficient (Wildman–Crippen LogP) is 3.59. The molecule has 0 bridgehead atoms. The number of halogens is 2. The van der Waals surface area contributed by atoms with Gasteiger partial charge < -0.3 is 0 Å². The first-order valence-corrected chi connectivity index (χ1v) is 7.17. The van der Waals surface area contributed by atoms with Crippen LogP contribution in [0.15, 0.2) is 24.4 Å². The molecule has 1 aromatic carbocycles. The van der Waals surface area contributed by atoms with E-state index in [1.807, 2.05) is 0 Å². The van der Waals surface area contributed by atoms with Crippen molar-refractivity contribution in [3.63, 3.8) is 0 Å². The summed E-state index contributed by atoms with van der Waals surface area (Å²) in [4.78, 5) is 16.3. The molecule has 0 unspecified atom stereocenters. The monoisotopic (exact) mass is 326 g/mol. The summed E-state index contributed by atoms with van der Waals surface area (Å²) in [5, 5.41) is 8.21. The Labute approximate surface area is 128 Å². The van der Waals surface area contributed by atoms with E-state index in [4.69, 9.17) is 23.2 Å². The molecule has 0 fully saturated rings. The Bertz CT molecular complexity index is 772. The van der Waals surface area contributed by atoms with Crippen LogP contribution >= 0.6 is 34.5 Å². The van der Waals surface area contributed by atoms with E-state index in [1.165, 1.54) is 11.3 Å². The molecule has 1 amide bonds. The quantitative estimate of drug-likeness (QED) is 0.782. The van der Waals surface area contributed by atoms with Gasteiger partial charge in [-0.2, -0.15) is 5.10 Å². The number of carbonyl (C=O) groups excluding carboxylic acids is 1. The fraction of sp³-hybridized carbons (Fsp3) is 0.0833. The van der Waals surface area contributed by atoms with Crippen molar-refractivity contribution >= 4 is 55.8 Å². The van der Waals surface area contributed by atoms with Crippen LogP contribution in [0, 0.1) is 0 Å². The zero-order valence-electron chi connectivity index (χ0n) is 10.2. The van der Waals surface area contributed by atoms with Gasteiger partial charge in [-0.15, -0.1) is 0 Å². The Morgan fingerprint density at radius 1 is 1.30 bits per heavy atom. The number of benzene rings is 1. The number of rotatable bonds is 2. The minimum atomic E-state index is -0.322. The van der Waals surface area contributed by atoms with E-state index in [0.29, 0.717) is 26.4 Å². The first-order chi connectivity index (χ1) is 9.54. The van der Waals surface area contributed by atoms with Crippen molar-refractivity contribution in [3.8, 4) is 0 Å². The second-order valence-corrected chi connectivity index (χ2v) is 5.87. The SMILES string of the molecule is Cn1ccc(C(=O)Nc2nc3c(Cl)ccc(Cl)c3s2)n1. The number of thiazole rings is 1. The fourth-order valence-corrected chi connectivity index (χ4v) is 3.11. The molecular weight excluding hydrogens is 319 g/mol. The maximum Gasteiger partial charge on any atom is 0.277 e. The lowest BCUT2D eigenvalue weighted by molar-refractivity contribution is 0.102. The van der Waals surface area contributed by atoms with Gasteiger partial charge >= 0.3 is 0 Å². The molecule has 20 heavy (non-hydrogen) atoms. The lowest BCUT2D eigenvalue weighted by Crippen LogP contribution is -2.12. The van der Waals surface area contributed by atoms with E-state index in [0.717, 1.165) is 4.70 Å². The van der Waals surface area contributed by atoms with Crippen LogP contribution in [-0.4, -0.2) is 20.7 Å². The Kier molecular flexibility index (Phi) is 3.37. The molecule has 0 aliphatic heterocycles. The maximum absolute atomic E-state index is 12.0. The van der Waals surface area contributed by atoms with Crippen LogP contribution in [-0.2, 0) is 7.05 Å². The van der Waals surface area contributed by atoms with E-state index >= 15 is 0 Å². The minimum absolute atomic E-state index is 0.322. The molecule has 0 saturated heterocycles. The number of carbonyl (C=O) groups is 1. The molecular formula is C12H8Cl2N4OS. The molecule has 3 aromatic rings. The van der Waals surface area contributed by atoms with Crippen LogP contribution in [0.4, 0.5) is 5.13 Å². The second kappa shape index (κ2) is 5.05. The summed E-state index contributed by atoms with van der Waals surface area (Å²) in [5.74, 6) is -0.322. The van der Waals surface area contributed by atoms with Gasteiger partial charge in [0.15, 0.2) is 10.8 Å². The van der Waals surface area contributed by atoms with Crippen LogP contribution in [0.25, 0.3) is 10.2 Å². The number of hydrogen-bond acceptors (Lipinski definition) is 4. The number of nitrogens with one attached hydrogen (secondary N) is 1. The third-order valence-electron chi connectivity index (χ3n) is 2.61. The van der Waals surface area contributed by atoms with Gasteiger partial charge in [0.05, 0.1) is 14.7 Å². The molecule has 2 heterocycles. The number of fused-ring (bicyclic) bond motifs is 1. The van der Waals surface area contributed by atoms with Crippen LogP contribution in [0.1, 0.15) is 10.5 Å². The molecule has 0 aliphatic carbocycles. The molecule has 2 aromatic heterocycles. The van der Waals surface area contributed by atoms with Crippen LogP contribution in [0.2, 0.25) is 10.0 Å². The number of anilines is 1. The zero-order valence-corrected chi connectivity index (χ0v) is 12.6. The molecule has 0 atom stereocenters. The molecule has 102 valence electrons. The van der Waals surface area contributed by atoms with Crippen LogP contribution in [0.3, 0.4) is 0 Å². The number of aromatic nitrogens is 3. The van der Waals surface area contributed by atoms with Crippen molar-refractivity contribution in [3.05, 3.63) is 40.1 Å². The lowest BCUT2D eigenvalue weighted by Gasteiger charge is -1.96. The van der Waals surface area contributed by atoms with Crippen molar-refractivity contribution in [2.24, 2.45) is 7.05 Å². The summed E-state index contributed by atoms with van der Waals surface area (Å²) in [5.41, 5.74) is 0.907. The van der Waals surface area contributed by atoms with E-state index in [1.54, 1.807) is 36.1 Å². The first kappa shape index (κ1) is 13.4. The molecule has 5 nitrogen and oxygen atoms in total. The number of amides is 1. The normalized spacial score (nSPS) is 10.9. The third-order valence-corrected chi connectivity index (χ3v) is 4.35. The van der Waals surface area contributed by atoms with Crippen molar-refractivity contribution in [2.45, 2.75) is 0 Å². The number of aryl methyl sites for hydroxylation is 1. The van der Waals surface area contributed by atoms with Gasteiger partial charge in [-0.05, 0) is 18.2 Å². The Morgan fingerprint density at radius 2 is 2.05 bits per heavy atom. The molecule has 3 rings (SSSR count). The maximum atomic E-state index is 12.0. The van der Waals surface area contributed by atoms with Crippen LogP contribution < -0.4 is 5.32 Å². The molecule has 0 spiro atoms. The van der Waals surface area contributed by atoms with Crippen molar-refractivity contribution in [1.29, 1.82) is 0 Å². The number of nitrogens with zero attached hydrogens (tertiary/aromatic N) is 3. The van der Waals surface area contributed by atoms with Gasteiger partial charge in [-0.3, -0.25) is 14.8 Å². The fourth-order valence-electron chi connectivity index (χ4n) is 1.70. The largest absolute Gasteiger partial charge is 0.296 e. The zero-order chi connectivity index (χ0) is 14.3. The van der Waals surface area contributed by atoms with Crippen molar-refractivity contribution in [2.75, 3.05) is 5.32 Å². The molecule has 0 aliphatic rings. The first-order valence-electron chi connectivity index (χ1n) is 5.60. The summed E-state index contributed by atoms with van der Waals surface area (Å²) >= 11 is 13.4. The summed E-state index contributed by atoms with van der Waals surface area (Å²) < 4.78 is 2.30. The molecule has 0 saturated carbocycles. The third kappa shape index (κ3) is 2.37. The Hall–Kier alpha value is -1.63. The van der Waals surface area contributed by atoms with E-state index in [9.17, 15) is 4.79 Å². The Morgan fingerprint density at radius 3 is 2.70 bits per heavy atom. The average Bonchev–Trinajstić information content (AvgIpc) is 3.01. The van der Waals surface area contributed by atoms with Gasteiger partial charge in [-0.1, -0.05) is 34.5 Å². The van der Waals surface area contributed by atoms with E-state index in [2.05, 4.69) is 15.4 Å². The summed E-state index contributed by atoms with van der Waals surface area (Å²) in [6, 6.07) is 5.01. The minimum Gasteiger partial charge on any atom is -0.296 e. The van der Waals surface area contributed by atoms with Crippen molar-refractivity contribution in [1.82, 2.24) is 14.8 Å². The van der Waals surface area contributed by atoms with E-state index < -0.39 is 0 Å². The highest BCUT2D eigenvalue weighted by molar-refractivity contribution is 7.23. The average molecular weight is 327 g/mol. The van der Waals surface area contributed by atoms with Crippen molar-refractivity contribution < 1.29 is 4.79 Å². The lowest BCUT2D eigenvalue weighted by atomic mass is 10.3. The van der Waals surface area contributed by atoms with Crippen LogP contribution in [0.5, 0.6) is 0 Å². The van der Waals surface area contributed by atoms with Gasteiger partial charge in [0.25, 0.3) is 5.91 Å². The van der Waals surface area contributed by atoms with Gasteiger partial charge in [0.1, 0.15) is 5.52 Å². The van der Waals surface area contributed by atoms with Gasteiger partial charge in [-0.25, -0.2) is 4.98 Å². The predicted molar refractivity (Wildman–Crippen MR) is 80.8 cm³/mol. The highest BCUT2D eigenvalue weighted by Gasteiger charge is 2.14. The second-order valence-electron chi connectivity index (χ2n) is 4.05. The highest BCUT2D eigenvalue weighted by atomic mass is 35.5. The van der Waals surface area contributed by atoms with E-state index in [-0.39, 0.29) is 5.91 Å². The highest BCUT2D eigenvalue weighted by Crippen LogP contribution is 2.36. The molecule has 8 heteroatoms. The molecule has 1 N–H and O–H groups in total. The standard InChI is InChI=1S/C12H8Cl2N4OS/c1-18-5-4-8(17-18)11(19)16-12-15-9-6(13)2-3-7(14)10(9)20-12/h2-5H,1H3,(H,15,16,19). The summed E-state index contributed by atoms with van der Waals surface area (Å²) in [6.45, 7) is 0. The number of hydrogen-bond donors (Lipinski definition) is 1. The Balaban J connectivity index is 1.93. The van der Waals surface area contributed by atoms with Gasteiger partial charge in [0, 0.05) is 13.2 Å². The summed E-state index contributed by atoms with van der Waals surface area (Å²) in [7, 11) is 1.74. The summed E-state index contributed by atoms with van der Waals surface area (Å²) in [6.07, 6.45) is 1.70. The smallest absolute Gasteiger partial charge is 0.277 e. The van der Waals surface area contributed by atoms with Gasteiger partial charge in [0.2, 0.25) is 0 Å². The topological polar surface area (TPSA) is 59.8 Å². The molecule has 0 radical (unpaired) electrons.